The van der Waals surface area contributed by atoms with Gasteiger partial charge in [-0.15, -0.1) is 0 Å². The molecule has 1 aromatic rings. The van der Waals surface area contributed by atoms with E-state index in [9.17, 15) is 12.8 Å². The maximum atomic E-state index is 13.2. The molecular formula is C9H11ClFNO2S. The molecule has 0 aliphatic heterocycles. The molecule has 15 heavy (non-hydrogen) atoms. The molecule has 1 N–H and O–H groups in total. The van der Waals surface area contributed by atoms with Crippen LogP contribution in [0.15, 0.2) is 18.2 Å². The normalized spacial score (nSPS) is 11.8. The molecule has 0 aliphatic rings. The first-order valence-electron chi connectivity index (χ1n) is 4.29. The smallest absolute Gasteiger partial charge is 0.235 e. The molecule has 1 aromatic carbocycles. The van der Waals surface area contributed by atoms with E-state index < -0.39 is 21.1 Å². The third kappa shape index (κ3) is 3.07. The van der Waals surface area contributed by atoms with Crippen molar-refractivity contribution in [2.45, 2.75) is 19.1 Å². The molecule has 0 heterocycles. The first-order valence-corrected chi connectivity index (χ1v) is 6.22. The summed E-state index contributed by atoms with van der Waals surface area (Å²) in [5.74, 6) is -0.649. The molecule has 0 aliphatic carbocycles. The average molecular weight is 252 g/mol. The van der Waals surface area contributed by atoms with Crippen LogP contribution in [0.25, 0.3) is 0 Å². The van der Waals surface area contributed by atoms with E-state index in [0.29, 0.717) is 0 Å². The standard InChI is InChI=1S/C9H11ClFNO2S/c1-6(2)15(13,14)12-9-5-7(10)3-4-8(9)11/h3-6,12H,1-2H3. The van der Waals surface area contributed by atoms with Crippen molar-refractivity contribution in [1.29, 1.82) is 0 Å². The fourth-order valence-corrected chi connectivity index (χ4v) is 1.72. The third-order valence-electron chi connectivity index (χ3n) is 1.80. The first kappa shape index (κ1) is 12.3. The summed E-state index contributed by atoms with van der Waals surface area (Å²) in [5, 5.41) is -0.353. The van der Waals surface area contributed by atoms with Gasteiger partial charge >= 0.3 is 0 Å². The van der Waals surface area contributed by atoms with Crippen LogP contribution in [-0.2, 0) is 10.0 Å². The molecule has 0 atom stereocenters. The van der Waals surface area contributed by atoms with Crippen LogP contribution in [0.4, 0.5) is 10.1 Å². The second-order valence-corrected chi connectivity index (χ2v) is 5.99. The van der Waals surface area contributed by atoms with E-state index in [4.69, 9.17) is 11.6 Å². The number of halogens is 2. The summed E-state index contributed by atoms with van der Waals surface area (Å²) in [7, 11) is -3.54. The van der Waals surface area contributed by atoms with Crippen molar-refractivity contribution >= 4 is 27.3 Å². The monoisotopic (exact) mass is 251 g/mol. The summed E-state index contributed by atoms with van der Waals surface area (Å²) < 4.78 is 38.2. The Balaban J connectivity index is 3.05. The number of sulfonamides is 1. The van der Waals surface area contributed by atoms with Crippen molar-refractivity contribution in [3.63, 3.8) is 0 Å². The lowest BCUT2D eigenvalue weighted by molar-refractivity contribution is 0.590. The van der Waals surface area contributed by atoms with Gasteiger partial charge in [0, 0.05) is 5.02 Å². The number of rotatable bonds is 3. The molecule has 0 amide bonds. The summed E-state index contributed by atoms with van der Waals surface area (Å²) >= 11 is 5.62. The lowest BCUT2D eigenvalue weighted by atomic mass is 10.3. The lowest BCUT2D eigenvalue weighted by Gasteiger charge is -2.11. The molecule has 0 fully saturated rings. The highest BCUT2D eigenvalue weighted by molar-refractivity contribution is 7.93. The van der Waals surface area contributed by atoms with Crippen LogP contribution in [0.5, 0.6) is 0 Å². The third-order valence-corrected chi connectivity index (χ3v) is 3.78. The largest absolute Gasteiger partial charge is 0.280 e. The fourth-order valence-electron chi connectivity index (χ4n) is 0.847. The average Bonchev–Trinajstić information content (AvgIpc) is 2.10. The van der Waals surface area contributed by atoms with Gasteiger partial charge in [-0.05, 0) is 32.0 Å². The van der Waals surface area contributed by atoms with E-state index in [2.05, 4.69) is 4.72 Å². The molecule has 84 valence electrons. The van der Waals surface area contributed by atoms with Crippen molar-refractivity contribution in [1.82, 2.24) is 0 Å². The quantitative estimate of drug-likeness (QED) is 0.898. The molecule has 0 spiro atoms. The second-order valence-electron chi connectivity index (χ2n) is 3.32. The predicted molar refractivity (Wildman–Crippen MR) is 59.1 cm³/mol. The summed E-state index contributed by atoms with van der Waals surface area (Å²) in [6.45, 7) is 3.01. The second kappa shape index (κ2) is 4.37. The van der Waals surface area contributed by atoms with E-state index in [1.807, 2.05) is 0 Å². The number of anilines is 1. The topological polar surface area (TPSA) is 46.2 Å². The summed E-state index contributed by atoms with van der Waals surface area (Å²) in [4.78, 5) is 0. The Morgan fingerprint density at radius 2 is 2.00 bits per heavy atom. The van der Waals surface area contributed by atoms with Crippen LogP contribution in [-0.4, -0.2) is 13.7 Å². The van der Waals surface area contributed by atoms with Crippen molar-refractivity contribution in [3.05, 3.63) is 29.0 Å². The molecule has 3 nitrogen and oxygen atoms in total. The van der Waals surface area contributed by atoms with Crippen molar-refractivity contribution < 1.29 is 12.8 Å². The SMILES string of the molecule is CC(C)S(=O)(=O)Nc1cc(Cl)ccc1F. The lowest BCUT2D eigenvalue weighted by Crippen LogP contribution is -2.23. The Bertz CT molecular complexity index is 459. The molecular weight excluding hydrogens is 241 g/mol. The van der Waals surface area contributed by atoms with E-state index in [-0.39, 0.29) is 10.7 Å². The van der Waals surface area contributed by atoms with Crippen LogP contribution in [0.1, 0.15) is 13.8 Å². The highest BCUT2D eigenvalue weighted by Crippen LogP contribution is 2.21. The maximum Gasteiger partial charge on any atom is 0.235 e. The molecule has 0 saturated heterocycles. The number of hydrogen-bond donors (Lipinski definition) is 1. The van der Waals surface area contributed by atoms with Gasteiger partial charge in [-0.25, -0.2) is 12.8 Å². The van der Waals surface area contributed by atoms with Crippen LogP contribution >= 0.6 is 11.6 Å². The Kier molecular flexibility index (Phi) is 3.57. The minimum Gasteiger partial charge on any atom is -0.280 e. The van der Waals surface area contributed by atoms with E-state index >= 15 is 0 Å². The summed E-state index contributed by atoms with van der Waals surface area (Å²) in [6.07, 6.45) is 0. The van der Waals surface area contributed by atoms with Gasteiger partial charge in [0.15, 0.2) is 0 Å². The minimum atomic E-state index is -3.54. The Labute approximate surface area is 93.3 Å². The number of hydrogen-bond acceptors (Lipinski definition) is 2. The van der Waals surface area contributed by atoms with Crippen LogP contribution in [0.3, 0.4) is 0 Å². The molecule has 6 heteroatoms. The van der Waals surface area contributed by atoms with Crippen LogP contribution in [0.2, 0.25) is 5.02 Å². The highest BCUT2D eigenvalue weighted by Gasteiger charge is 2.17. The maximum absolute atomic E-state index is 13.2. The molecule has 0 bridgehead atoms. The van der Waals surface area contributed by atoms with Crippen LogP contribution < -0.4 is 4.72 Å². The van der Waals surface area contributed by atoms with Gasteiger partial charge in [0.2, 0.25) is 10.0 Å². The molecule has 1 rings (SSSR count). The van der Waals surface area contributed by atoms with Gasteiger partial charge in [-0.3, -0.25) is 4.72 Å². The molecule has 0 saturated carbocycles. The molecule has 0 unspecified atom stereocenters. The number of nitrogens with one attached hydrogen (secondary N) is 1. The van der Waals surface area contributed by atoms with Crippen LogP contribution in [0, 0.1) is 5.82 Å². The van der Waals surface area contributed by atoms with Gasteiger partial charge in [-0.1, -0.05) is 11.6 Å². The van der Waals surface area contributed by atoms with Gasteiger partial charge in [0.1, 0.15) is 5.82 Å². The summed E-state index contributed by atoms with van der Waals surface area (Å²) in [5.41, 5.74) is -0.129. The van der Waals surface area contributed by atoms with Crippen molar-refractivity contribution in [2.75, 3.05) is 4.72 Å². The Hall–Kier alpha value is -0.810. The summed E-state index contributed by atoms with van der Waals surface area (Å²) in [6, 6.07) is 3.70. The molecule has 0 aromatic heterocycles. The van der Waals surface area contributed by atoms with E-state index in [1.54, 1.807) is 0 Å². The Morgan fingerprint density at radius 1 is 1.40 bits per heavy atom. The van der Waals surface area contributed by atoms with Gasteiger partial charge < -0.3 is 0 Å². The van der Waals surface area contributed by atoms with Crippen molar-refractivity contribution in [3.8, 4) is 0 Å². The minimum absolute atomic E-state index is 0.129. The van der Waals surface area contributed by atoms with Gasteiger partial charge in [0.25, 0.3) is 0 Å². The Morgan fingerprint density at radius 3 is 2.53 bits per heavy atom. The van der Waals surface area contributed by atoms with Gasteiger partial charge in [0.05, 0.1) is 10.9 Å². The van der Waals surface area contributed by atoms with E-state index in [0.717, 1.165) is 6.07 Å². The van der Waals surface area contributed by atoms with Crippen molar-refractivity contribution in [2.24, 2.45) is 0 Å². The zero-order valence-electron chi connectivity index (χ0n) is 8.29. The predicted octanol–water partition coefficient (Wildman–Crippen LogP) is 2.63. The fraction of sp³-hybridized carbons (Fsp3) is 0.333. The highest BCUT2D eigenvalue weighted by atomic mass is 35.5. The zero-order valence-corrected chi connectivity index (χ0v) is 9.86. The van der Waals surface area contributed by atoms with Gasteiger partial charge in [-0.2, -0.15) is 0 Å². The molecule has 0 radical (unpaired) electrons. The first-order chi connectivity index (χ1) is 6.83. The zero-order chi connectivity index (χ0) is 11.6. The van der Waals surface area contributed by atoms with E-state index in [1.165, 1.54) is 26.0 Å². The number of benzene rings is 1.